The minimum atomic E-state index is 0.433. The predicted octanol–water partition coefficient (Wildman–Crippen LogP) is 5.53. The SMILES string of the molecule is C=C/C=C/CC(C)C(C)(C)C1CC=C(C)CC1. The molecule has 2 atom stereocenters. The van der Waals surface area contributed by atoms with E-state index < -0.39 is 0 Å². The molecule has 17 heavy (non-hydrogen) atoms. The van der Waals surface area contributed by atoms with Crippen LogP contribution in [0.3, 0.4) is 0 Å². The molecule has 2 unspecified atom stereocenters. The van der Waals surface area contributed by atoms with E-state index in [4.69, 9.17) is 0 Å². The van der Waals surface area contributed by atoms with Crippen LogP contribution in [0.5, 0.6) is 0 Å². The topological polar surface area (TPSA) is 0 Å². The summed E-state index contributed by atoms with van der Waals surface area (Å²) in [6, 6.07) is 0. The molecule has 1 aliphatic carbocycles. The molecule has 0 aromatic rings. The van der Waals surface area contributed by atoms with Crippen molar-refractivity contribution in [1.82, 2.24) is 0 Å². The van der Waals surface area contributed by atoms with Crippen molar-refractivity contribution in [2.45, 2.75) is 53.4 Å². The standard InChI is InChI=1S/C17H28/c1-6-7-8-9-15(3)17(4,5)16-12-10-14(2)11-13-16/h6-8,10,15-16H,1,9,11-13H2,2-5H3/b8-7+. The van der Waals surface area contributed by atoms with Crippen molar-refractivity contribution < 1.29 is 0 Å². The highest BCUT2D eigenvalue weighted by Crippen LogP contribution is 2.43. The molecule has 1 rings (SSSR count). The van der Waals surface area contributed by atoms with E-state index in [-0.39, 0.29) is 0 Å². The zero-order valence-electron chi connectivity index (χ0n) is 12.0. The normalized spacial score (nSPS) is 23.5. The maximum Gasteiger partial charge on any atom is -0.0294 e. The highest BCUT2D eigenvalue weighted by atomic mass is 14.4. The fourth-order valence-corrected chi connectivity index (χ4v) is 2.73. The lowest BCUT2D eigenvalue weighted by molar-refractivity contribution is 0.116. The number of hydrogen-bond donors (Lipinski definition) is 0. The Morgan fingerprint density at radius 3 is 2.76 bits per heavy atom. The maximum atomic E-state index is 3.72. The Kier molecular flexibility index (Phi) is 5.24. The van der Waals surface area contributed by atoms with Crippen LogP contribution < -0.4 is 0 Å². The van der Waals surface area contributed by atoms with Crippen molar-refractivity contribution in [3.05, 3.63) is 36.5 Å². The zero-order valence-corrected chi connectivity index (χ0v) is 12.0. The van der Waals surface area contributed by atoms with E-state index in [1.807, 2.05) is 6.08 Å². The molecular weight excluding hydrogens is 204 g/mol. The van der Waals surface area contributed by atoms with Gasteiger partial charge in [-0.25, -0.2) is 0 Å². The van der Waals surface area contributed by atoms with Crippen LogP contribution in [0.2, 0.25) is 0 Å². The number of allylic oxidation sites excluding steroid dienone is 5. The number of rotatable bonds is 5. The van der Waals surface area contributed by atoms with Crippen LogP contribution in [0.25, 0.3) is 0 Å². The van der Waals surface area contributed by atoms with Crippen molar-refractivity contribution in [3.8, 4) is 0 Å². The Bertz CT molecular complexity index is 304. The van der Waals surface area contributed by atoms with Crippen LogP contribution >= 0.6 is 0 Å². The third kappa shape index (κ3) is 3.87. The molecular formula is C17H28. The van der Waals surface area contributed by atoms with Gasteiger partial charge >= 0.3 is 0 Å². The first kappa shape index (κ1) is 14.3. The number of hydrogen-bond acceptors (Lipinski definition) is 0. The minimum Gasteiger partial charge on any atom is -0.0991 e. The lowest BCUT2D eigenvalue weighted by Gasteiger charge is -2.41. The highest BCUT2D eigenvalue weighted by molar-refractivity contribution is 5.06. The molecule has 0 saturated carbocycles. The van der Waals surface area contributed by atoms with Gasteiger partial charge in [0.05, 0.1) is 0 Å². The van der Waals surface area contributed by atoms with Crippen LogP contribution in [0.15, 0.2) is 36.5 Å². The summed E-state index contributed by atoms with van der Waals surface area (Å²) in [5.74, 6) is 1.58. The van der Waals surface area contributed by atoms with E-state index in [1.54, 1.807) is 5.57 Å². The third-order valence-electron chi connectivity index (χ3n) is 4.72. The van der Waals surface area contributed by atoms with E-state index in [9.17, 15) is 0 Å². The Morgan fingerprint density at radius 1 is 1.53 bits per heavy atom. The smallest absolute Gasteiger partial charge is 0.0294 e. The maximum absolute atomic E-state index is 3.72. The van der Waals surface area contributed by atoms with Crippen LogP contribution in [-0.4, -0.2) is 0 Å². The summed E-state index contributed by atoms with van der Waals surface area (Å²) < 4.78 is 0. The van der Waals surface area contributed by atoms with Gasteiger partial charge in [-0.2, -0.15) is 0 Å². The van der Waals surface area contributed by atoms with Crippen LogP contribution in [0, 0.1) is 17.3 Å². The van der Waals surface area contributed by atoms with Crippen LogP contribution in [-0.2, 0) is 0 Å². The Balaban J connectivity index is 2.60. The average molecular weight is 232 g/mol. The van der Waals surface area contributed by atoms with Gasteiger partial charge in [-0.1, -0.05) is 57.2 Å². The van der Waals surface area contributed by atoms with Gasteiger partial charge in [0.25, 0.3) is 0 Å². The molecule has 0 spiro atoms. The van der Waals surface area contributed by atoms with Gasteiger partial charge in [-0.15, -0.1) is 0 Å². The highest BCUT2D eigenvalue weighted by Gasteiger charge is 2.34. The zero-order chi connectivity index (χ0) is 12.9. The quantitative estimate of drug-likeness (QED) is 0.432. The molecule has 0 heteroatoms. The lowest BCUT2D eigenvalue weighted by Crippen LogP contribution is -2.31. The van der Waals surface area contributed by atoms with Crippen molar-refractivity contribution in [3.63, 3.8) is 0 Å². The minimum absolute atomic E-state index is 0.433. The fourth-order valence-electron chi connectivity index (χ4n) is 2.73. The predicted molar refractivity (Wildman–Crippen MR) is 78.0 cm³/mol. The summed E-state index contributed by atoms with van der Waals surface area (Å²) >= 11 is 0. The van der Waals surface area contributed by atoms with Crippen molar-refractivity contribution in [1.29, 1.82) is 0 Å². The van der Waals surface area contributed by atoms with Gasteiger partial charge in [-0.05, 0) is 49.9 Å². The van der Waals surface area contributed by atoms with Crippen LogP contribution in [0.1, 0.15) is 53.4 Å². The van der Waals surface area contributed by atoms with E-state index >= 15 is 0 Å². The molecule has 0 heterocycles. The molecule has 0 N–H and O–H groups in total. The van der Waals surface area contributed by atoms with Gasteiger partial charge in [0.2, 0.25) is 0 Å². The second kappa shape index (κ2) is 6.23. The first-order valence-corrected chi connectivity index (χ1v) is 6.91. The first-order chi connectivity index (χ1) is 7.98. The van der Waals surface area contributed by atoms with Crippen molar-refractivity contribution in [2.75, 3.05) is 0 Å². The summed E-state index contributed by atoms with van der Waals surface area (Å²) in [5, 5.41) is 0. The monoisotopic (exact) mass is 232 g/mol. The molecule has 96 valence electrons. The summed E-state index contributed by atoms with van der Waals surface area (Å²) in [6.45, 7) is 13.3. The van der Waals surface area contributed by atoms with Gasteiger partial charge in [0.15, 0.2) is 0 Å². The van der Waals surface area contributed by atoms with Crippen LogP contribution in [0.4, 0.5) is 0 Å². The summed E-state index contributed by atoms with van der Waals surface area (Å²) in [4.78, 5) is 0. The van der Waals surface area contributed by atoms with E-state index in [2.05, 4.69) is 52.5 Å². The second-order valence-electron chi connectivity index (χ2n) is 6.14. The van der Waals surface area contributed by atoms with E-state index in [1.165, 1.54) is 19.3 Å². The van der Waals surface area contributed by atoms with Gasteiger partial charge in [0.1, 0.15) is 0 Å². The van der Waals surface area contributed by atoms with Crippen molar-refractivity contribution in [2.24, 2.45) is 17.3 Å². The summed E-state index contributed by atoms with van der Waals surface area (Å²) in [5.41, 5.74) is 2.01. The fraction of sp³-hybridized carbons (Fsp3) is 0.647. The van der Waals surface area contributed by atoms with Gasteiger partial charge < -0.3 is 0 Å². The van der Waals surface area contributed by atoms with Gasteiger partial charge in [0, 0.05) is 0 Å². The molecule has 1 aliphatic rings. The first-order valence-electron chi connectivity index (χ1n) is 6.91. The lowest BCUT2D eigenvalue weighted by atomic mass is 9.64. The molecule has 0 aromatic carbocycles. The second-order valence-corrected chi connectivity index (χ2v) is 6.14. The molecule has 0 radical (unpaired) electrons. The van der Waals surface area contributed by atoms with Crippen molar-refractivity contribution >= 4 is 0 Å². The summed E-state index contributed by atoms with van der Waals surface area (Å²) in [6.07, 6.45) is 13.7. The van der Waals surface area contributed by atoms with E-state index in [0.717, 1.165) is 18.3 Å². The molecule has 0 bridgehead atoms. The average Bonchev–Trinajstić information content (AvgIpc) is 2.29. The molecule has 0 aliphatic heterocycles. The molecule has 0 saturated heterocycles. The third-order valence-corrected chi connectivity index (χ3v) is 4.72. The Morgan fingerprint density at radius 2 is 2.24 bits per heavy atom. The Hall–Kier alpha value is -0.780. The van der Waals surface area contributed by atoms with Gasteiger partial charge in [-0.3, -0.25) is 0 Å². The molecule has 0 amide bonds. The van der Waals surface area contributed by atoms with E-state index in [0.29, 0.717) is 5.41 Å². The Labute approximate surface area is 108 Å². The molecule has 0 fully saturated rings. The largest absolute Gasteiger partial charge is 0.0991 e. The molecule has 0 aromatic heterocycles. The summed E-state index contributed by atoms with van der Waals surface area (Å²) in [7, 11) is 0. The molecule has 0 nitrogen and oxygen atoms in total.